The minimum absolute atomic E-state index is 0.234. The van der Waals surface area contributed by atoms with Crippen molar-refractivity contribution in [2.24, 2.45) is 0 Å². The fraction of sp³-hybridized carbons (Fsp3) is 0.150. The van der Waals surface area contributed by atoms with E-state index in [0.717, 1.165) is 16.2 Å². The third-order valence-corrected chi connectivity index (χ3v) is 5.32. The first kappa shape index (κ1) is 18.7. The number of quaternary nitrogens is 1. The molecule has 0 fully saturated rings. The van der Waals surface area contributed by atoms with Gasteiger partial charge in [-0.05, 0) is 24.3 Å². The van der Waals surface area contributed by atoms with Crippen LogP contribution < -0.4 is 4.90 Å². The van der Waals surface area contributed by atoms with Gasteiger partial charge in [0.05, 0.1) is 40.1 Å². The molecule has 2 heterocycles. The Balaban J connectivity index is 1.46. The molecule has 0 bridgehead atoms. The van der Waals surface area contributed by atoms with Gasteiger partial charge in [0.25, 0.3) is 11.8 Å². The summed E-state index contributed by atoms with van der Waals surface area (Å²) in [7, 11) is 1.92. The SMILES string of the molecule is C[NH+](Cc1cnn(-c2ccccc2)c1)CN1C(=O)c2cc(Cl)c(Cl)cc2C1=O. The fourth-order valence-corrected chi connectivity index (χ4v) is 3.60. The largest absolute Gasteiger partial charge is 0.316 e. The van der Waals surface area contributed by atoms with Crippen LogP contribution >= 0.6 is 23.2 Å². The van der Waals surface area contributed by atoms with E-state index in [-0.39, 0.29) is 28.5 Å². The van der Waals surface area contributed by atoms with Crippen LogP contribution in [0.5, 0.6) is 0 Å². The molecule has 142 valence electrons. The van der Waals surface area contributed by atoms with Crippen LogP contribution in [0.15, 0.2) is 54.9 Å². The molecule has 0 aliphatic carbocycles. The normalized spacial score (nSPS) is 14.5. The van der Waals surface area contributed by atoms with Crippen LogP contribution in [0.3, 0.4) is 0 Å². The Morgan fingerprint density at radius 3 is 2.21 bits per heavy atom. The number of amides is 2. The van der Waals surface area contributed by atoms with Crippen LogP contribution in [-0.4, -0.2) is 40.2 Å². The smallest absolute Gasteiger partial charge is 0.266 e. The number of nitrogens with zero attached hydrogens (tertiary/aromatic N) is 3. The van der Waals surface area contributed by atoms with Gasteiger partial charge in [-0.2, -0.15) is 5.10 Å². The van der Waals surface area contributed by atoms with Crippen molar-refractivity contribution < 1.29 is 14.5 Å². The minimum Gasteiger partial charge on any atom is -0.316 e. The van der Waals surface area contributed by atoms with Crippen molar-refractivity contribution in [2.75, 3.05) is 13.7 Å². The number of hydrogen-bond acceptors (Lipinski definition) is 3. The number of rotatable bonds is 5. The summed E-state index contributed by atoms with van der Waals surface area (Å²) in [6, 6.07) is 12.7. The standard InChI is InChI=1S/C20H16Cl2N4O2/c1-24(10-13-9-23-26(11-13)14-5-3-2-4-6-14)12-25-19(27)15-7-17(21)18(22)8-16(15)20(25)28/h2-9,11H,10,12H2,1H3/p+1. The van der Waals surface area contributed by atoms with Gasteiger partial charge >= 0.3 is 0 Å². The molecule has 2 amide bonds. The summed E-state index contributed by atoms with van der Waals surface area (Å²) in [5, 5.41) is 4.90. The predicted molar refractivity (Wildman–Crippen MR) is 106 cm³/mol. The molecule has 3 aromatic rings. The van der Waals surface area contributed by atoms with Crippen molar-refractivity contribution in [3.8, 4) is 5.69 Å². The summed E-state index contributed by atoms with van der Waals surface area (Å²) in [6.45, 7) is 0.847. The molecular formula is C20H17Cl2N4O2+. The van der Waals surface area contributed by atoms with Crippen LogP contribution in [0.25, 0.3) is 5.69 Å². The second-order valence-corrected chi connectivity index (χ2v) is 7.59. The number of hydrogen-bond donors (Lipinski definition) is 1. The second kappa shape index (κ2) is 7.39. The Bertz CT molecular complexity index is 1020. The Labute approximate surface area is 171 Å². The fourth-order valence-electron chi connectivity index (χ4n) is 3.27. The number of halogens is 2. The summed E-state index contributed by atoms with van der Waals surface area (Å²) < 4.78 is 1.80. The molecule has 0 radical (unpaired) electrons. The Hall–Kier alpha value is -2.67. The van der Waals surface area contributed by atoms with E-state index < -0.39 is 0 Å². The van der Waals surface area contributed by atoms with E-state index in [2.05, 4.69) is 5.10 Å². The van der Waals surface area contributed by atoms with E-state index in [9.17, 15) is 9.59 Å². The monoisotopic (exact) mass is 415 g/mol. The highest BCUT2D eigenvalue weighted by Crippen LogP contribution is 2.31. The summed E-state index contributed by atoms with van der Waals surface area (Å²) in [4.78, 5) is 27.4. The van der Waals surface area contributed by atoms with Crippen molar-refractivity contribution in [1.29, 1.82) is 0 Å². The molecule has 0 spiro atoms. The number of imide groups is 1. The molecule has 1 aliphatic rings. The average molecular weight is 416 g/mol. The molecule has 2 aromatic carbocycles. The van der Waals surface area contributed by atoms with Crippen molar-refractivity contribution >= 4 is 35.0 Å². The molecule has 1 N–H and O–H groups in total. The maximum absolute atomic E-state index is 12.6. The number of carbonyl (C=O) groups is 2. The highest BCUT2D eigenvalue weighted by molar-refractivity contribution is 6.43. The lowest BCUT2D eigenvalue weighted by Gasteiger charge is -2.19. The van der Waals surface area contributed by atoms with Crippen LogP contribution in [0.1, 0.15) is 26.3 Å². The molecule has 0 saturated heterocycles. The zero-order valence-electron chi connectivity index (χ0n) is 15.0. The molecule has 8 heteroatoms. The van der Waals surface area contributed by atoms with Gasteiger partial charge in [0.2, 0.25) is 0 Å². The molecule has 1 atom stereocenters. The first-order valence-corrected chi connectivity index (χ1v) is 9.45. The van der Waals surface area contributed by atoms with Crippen LogP contribution in [0, 0.1) is 0 Å². The van der Waals surface area contributed by atoms with E-state index in [4.69, 9.17) is 23.2 Å². The lowest BCUT2D eigenvalue weighted by Crippen LogP contribution is -3.09. The van der Waals surface area contributed by atoms with E-state index in [1.54, 1.807) is 10.9 Å². The number of fused-ring (bicyclic) bond motifs is 1. The van der Waals surface area contributed by atoms with E-state index in [0.29, 0.717) is 17.7 Å². The molecule has 1 unspecified atom stereocenters. The Morgan fingerprint density at radius 1 is 1.00 bits per heavy atom. The minimum atomic E-state index is -0.349. The number of nitrogens with one attached hydrogen (secondary N) is 1. The van der Waals surface area contributed by atoms with Gasteiger partial charge < -0.3 is 4.90 Å². The third kappa shape index (κ3) is 3.42. The highest BCUT2D eigenvalue weighted by atomic mass is 35.5. The number of benzene rings is 2. The van der Waals surface area contributed by atoms with Crippen molar-refractivity contribution in [3.63, 3.8) is 0 Å². The maximum Gasteiger partial charge on any atom is 0.266 e. The number of para-hydroxylation sites is 1. The molecule has 6 nitrogen and oxygen atoms in total. The van der Waals surface area contributed by atoms with Crippen molar-refractivity contribution in [2.45, 2.75) is 6.54 Å². The average Bonchev–Trinajstić information content (AvgIpc) is 3.23. The molecule has 28 heavy (non-hydrogen) atoms. The zero-order valence-corrected chi connectivity index (χ0v) is 16.5. The van der Waals surface area contributed by atoms with Gasteiger partial charge in [-0.25, -0.2) is 9.58 Å². The topological polar surface area (TPSA) is 59.6 Å². The molecule has 4 rings (SSSR count). The molecular weight excluding hydrogens is 399 g/mol. The first-order valence-electron chi connectivity index (χ1n) is 8.69. The summed E-state index contributed by atoms with van der Waals surface area (Å²) >= 11 is 12.0. The van der Waals surface area contributed by atoms with Crippen LogP contribution in [0.4, 0.5) is 0 Å². The second-order valence-electron chi connectivity index (χ2n) is 6.77. The number of aromatic nitrogens is 2. The zero-order chi connectivity index (χ0) is 19.8. The maximum atomic E-state index is 12.6. The van der Waals surface area contributed by atoms with E-state index >= 15 is 0 Å². The van der Waals surface area contributed by atoms with Gasteiger partial charge in [0.15, 0.2) is 6.67 Å². The van der Waals surface area contributed by atoms with E-state index in [1.807, 2.05) is 43.6 Å². The Kier molecular flexibility index (Phi) is 4.93. The third-order valence-electron chi connectivity index (χ3n) is 4.60. The Morgan fingerprint density at radius 2 is 1.61 bits per heavy atom. The van der Waals surface area contributed by atoms with Gasteiger partial charge in [-0.3, -0.25) is 9.59 Å². The van der Waals surface area contributed by atoms with Gasteiger partial charge in [-0.15, -0.1) is 0 Å². The van der Waals surface area contributed by atoms with Crippen LogP contribution in [0.2, 0.25) is 10.0 Å². The summed E-state index contributed by atoms with van der Waals surface area (Å²) in [6.07, 6.45) is 3.74. The summed E-state index contributed by atoms with van der Waals surface area (Å²) in [5.41, 5.74) is 2.57. The first-order chi connectivity index (χ1) is 13.4. The molecule has 1 aromatic heterocycles. The highest BCUT2D eigenvalue weighted by Gasteiger charge is 2.38. The summed E-state index contributed by atoms with van der Waals surface area (Å²) in [5.74, 6) is -0.698. The van der Waals surface area contributed by atoms with Gasteiger partial charge in [0.1, 0.15) is 6.54 Å². The molecule has 0 saturated carbocycles. The lowest BCUT2D eigenvalue weighted by molar-refractivity contribution is -0.901. The quantitative estimate of drug-likeness (QED) is 0.651. The van der Waals surface area contributed by atoms with Crippen molar-refractivity contribution in [1.82, 2.24) is 14.7 Å². The van der Waals surface area contributed by atoms with Gasteiger partial charge in [0, 0.05) is 11.8 Å². The lowest BCUT2D eigenvalue weighted by atomic mass is 10.1. The predicted octanol–water partition coefficient (Wildman–Crippen LogP) is 2.45. The van der Waals surface area contributed by atoms with E-state index in [1.165, 1.54) is 17.0 Å². The van der Waals surface area contributed by atoms with Gasteiger partial charge in [-0.1, -0.05) is 41.4 Å². The number of carbonyl (C=O) groups excluding carboxylic acids is 2. The van der Waals surface area contributed by atoms with Crippen molar-refractivity contribution in [3.05, 3.63) is 81.6 Å². The van der Waals surface area contributed by atoms with Crippen LogP contribution in [-0.2, 0) is 6.54 Å². The molecule has 1 aliphatic heterocycles.